The van der Waals surface area contributed by atoms with E-state index in [0.717, 1.165) is 0 Å². The molecule has 0 radical (unpaired) electrons. The number of carboxylic acids is 1. The molecule has 0 aromatic rings. The van der Waals surface area contributed by atoms with Crippen LogP contribution in [0.2, 0.25) is 0 Å². The van der Waals surface area contributed by atoms with Crippen LogP contribution in [-0.2, 0) is 9.59 Å². The average Bonchev–Trinajstić information content (AvgIpc) is 2.20. The van der Waals surface area contributed by atoms with Gasteiger partial charge >= 0.3 is 5.97 Å². The third-order valence-corrected chi connectivity index (χ3v) is 2.75. The van der Waals surface area contributed by atoms with E-state index in [4.69, 9.17) is 10.8 Å². The number of carbonyl (C=O) groups excluding carboxylic acids is 1. The van der Waals surface area contributed by atoms with Crippen molar-refractivity contribution in [1.82, 2.24) is 5.32 Å². The van der Waals surface area contributed by atoms with Crippen molar-refractivity contribution in [3.05, 3.63) is 0 Å². The number of nitrogens with one attached hydrogen (secondary N) is 1. The molecule has 0 aliphatic carbocycles. The van der Waals surface area contributed by atoms with Gasteiger partial charge in [0, 0.05) is 6.54 Å². The summed E-state index contributed by atoms with van der Waals surface area (Å²) in [5.41, 5.74) is 5.60. The fourth-order valence-corrected chi connectivity index (χ4v) is 1.63. The zero-order valence-corrected chi connectivity index (χ0v) is 12.0. The van der Waals surface area contributed by atoms with E-state index in [2.05, 4.69) is 5.32 Å². The van der Waals surface area contributed by atoms with Crippen molar-refractivity contribution >= 4 is 11.9 Å². The van der Waals surface area contributed by atoms with E-state index in [1.54, 1.807) is 0 Å². The van der Waals surface area contributed by atoms with Crippen LogP contribution < -0.4 is 11.1 Å². The molecule has 0 bridgehead atoms. The van der Waals surface area contributed by atoms with Crippen molar-refractivity contribution < 1.29 is 14.7 Å². The normalized spacial score (nSPS) is 15.3. The first-order valence-corrected chi connectivity index (χ1v) is 6.30. The molecule has 0 fully saturated rings. The van der Waals surface area contributed by atoms with Gasteiger partial charge in [-0.1, -0.05) is 34.6 Å². The summed E-state index contributed by atoms with van der Waals surface area (Å²) in [4.78, 5) is 22.8. The molecule has 1 amide bonds. The molecule has 0 heterocycles. The van der Waals surface area contributed by atoms with Gasteiger partial charge in [0.1, 0.15) is 0 Å². The van der Waals surface area contributed by atoms with Crippen molar-refractivity contribution in [2.24, 2.45) is 23.0 Å². The molecule has 0 rings (SSSR count). The zero-order chi connectivity index (χ0) is 14.5. The van der Waals surface area contributed by atoms with Crippen LogP contribution in [0.25, 0.3) is 0 Å². The molecule has 4 N–H and O–H groups in total. The maximum atomic E-state index is 11.6. The molecule has 5 nitrogen and oxygen atoms in total. The number of amides is 1. The summed E-state index contributed by atoms with van der Waals surface area (Å²) >= 11 is 0. The highest BCUT2D eigenvalue weighted by Crippen LogP contribution is 2.24. The van der Waals surface area contributed by atoms with Gasteiger partial charge < -0.3 is 16.2 Å². The SMILES string of the molecule is CC(C)[C@H](N)C(=O)NCC(CC(C)(C)C)C(=O)O. The lowest BCUT2D eigenvalue weighted by Gasteiger charge is -2.24. The molecular formula is C13H26N2O3. The van der Waals surface area contributed by atoms with Crippen molar-refractivity contribution in [2.45, 2.75) is 47.1 Å². The van der Waals surface area contributed by atoms with Gasteiger partial charge in [0.05, 0.1) is 12.0 Å². The third kappa shape index (κ3) is 6.59. The van der Waals surface area contributed by atoms with Gasteiger partial charge in [-0.25, -0.2) is 0 Å². The second-order valence-electron chi connectivity index (χ2n) is 6.31. The van der Waals surface area contributed by atoms with Gasteiger partial charge in [-0.15, -0.1) is 0 Å². The van der Waals surface area contributed by atoms with Crippen LogP contribution in [0.15, 0.2) is 0 Å². The minimum absolute atomic E-state index is 0.0379. The quantitative estimate of drug-likeness (QED) is 0.668. The highest BCUT2D eigenvalue weighted by molar-refractivity contribution is 5.82. The Hall–Kier alpha value is -1.10. The number of hydrogen-bond donors (Lipinski definition) is 3. The molecule has 1 unspecified atom stereocenters. The van der Waals surface area contributed by atoms with E-state index >= 15 is 0 Å². The van der Waals surface area contributed by atoms with E-state index in [-0.39, 0.29) is 23.8 Å². The molecule has 0 saturated carbocycles. The lowest BCUT2D eigenvalue weighted by molar-refractivity contribution is -0.142. The second-order valence-corrected chi connectivity index (χ2v) is 6.31. The summed E-state index contributed by atoms with van der Waals surface area (Å²) in [6, 6.07) is -0.589. The molecule has 0 spiro atoms. The summed E-state index contributed by atoms with van der Waals surface area (Å²) in [6.45, 7) is 9.77. The predicted molar refractivity (Wildman–Crippen MR) is 71.0 cm³/mol. The molecule has 2 atom stereocenters. The van der Waals surface area contributed by atoms with Crippen LogP contribution in [0, 0.1) is 17.3 Å². The number of aliphatic carboxylic acids is 1. The molecule has 0 saturated heterocycles. The van der Waals surface area contributed by atoms with Gasteiger partial charge in [-0.3, -0.25) is 9.59 Å². The third-order valence-electron chi connectivity index (χ3n) is 2.75. The minimum atomic E-state index is -0.886. The molecule has 0 aliphatic rings. The molecule has 5 heteroatoms. The number of nitrogens with two attached hydrogens (primary N) is 1. The maximum absolute atomic E-state index is 11.6. The summed E-state index contributed by atoms with van der Waals surface area (Å²) in [6.07, 6.45) is 0.513. The Kier molecular flexibility index (Phi) is 6.32. The van der Waals surface area contributed by atoms with Crippen LogP contribution in [0.5, 0.6) is 0 Å². The Labute approximate surface area is 109 Å². The first kappa shape index (κ1) is 16.9. The summed E-state index contributed by atoms with van der Waals surface area (Å²) < 4.78 is 0. The summed E-state index contributed by atoms with van der Waals surface area (Å²) in [5, 5.41) is 11.7. The van der Waals surface area contributed by atoms with Gasteiger partial charge in [0.2, 0.25) is 5.91 Å². The lowest BCUT2D eigenvalue weighted by atomic mass is 9.84. The summed E-state index contributed by atoms with van der Waals surface area (Å²) in [7, 11) is 0. The average molecular weight is 258 g/mol. The molecule has 106 valence electrons. The standard InChI is InChI=1S/C13H26N2O3/c1-8(2)10(14)11(16)15-7-9(12(17)18)6-13(3,4)5/h8-10H,6-7,14H2,1-5H3,(H,15,16)(H,17,18)/t9?,10-/m0/s1. The van der Waals surface area contributed by atoms with E-state index in [1.165, 1.54) is 0 Å². The largest absolute Gasteiger partial charge is 0.481 e. The van der Waals surface area contributed by atoms with Gasteiger partial charge in [0.15, 0.2) is 0 Å². The number of hydrogen-bond acceptors (Lipinski definition) is 3. The van der Waals surface area contributed by atoms with E-state index < -0.39 is 17.9 Å². The molecule has 0 aromatic heterocycles. The topological polar surface area (TPSA) is 92.4 Å². The van der Waals surface area contributed by atoms with Crippen molar-refractivity contribution in [1.29, 1.82) is 0 Å². The minimum Gasteiger partial charge on any atom is -0.481 e. The number of rotatable bonds is 6. The Bertz CT molecular complexity index is 295. The van der Waals surface area contributed by atoms with Crippen molar-refractivity contribution in [3.63, 3.8) is 0 Å². The predicted octanol–water partition coefficient (Wildman–Crippen LogP) is 1.22. The van der Waals surface area contributed by atoms with Crippen LogP contribution >= 0.6 is 0 Å². The molecule has 0 aromatic carbocycles. The van der Waals surface area contributed by atoms with E-state index in [1.807, 2.05) is 34.6 Å². The monoisotopic (exact) mass is 258 g/mol. The van der Waals surface area contributed by atoms with Gasteiger partial charge in [0.25, 0.3) is 0 Å². The second kappa shape index (κ2) is 6.73. The number of carboxylic acid groups (broad SMARTS) is 1. The highest BCUT2D eigenvalue weighted by Gasteiger charge is 2.26. The summed E-state index contributed by atoms with van der Waals surface area (Å²) in [5.74, 6) is -1.71. The fourth-order valence-electron chi connectivity index (χ4n) is 1.63. The van der Waals surface area contributed by atoms with Crippen molar-refractivity contribution in [2.75, 3.05) is 6.54 Å². The molecule has 18 heavy (non-hydrogen) atoms. The Morgan fingerprint density at radius 1 is 1.28 bits per heavy atom. The van der Waals surface area contributed by atoms with E-state index in [0.29, 0.717) is 6.42 Å². The zero-order valence-electron chi connectivity index (χ0n) is 12.0. The highest BCUT2D eigenvalue weighted by atomic mass is 16.4. The fraction of sp³-hybridized carbons (Fsp3) is 0.846. The van der Waals surface area contributed by atoms with Gasteiger partial charge in [-0.2, -0.15) is 0 Å². The van der Waals surface area contributed by atoms with Crippen molar-refractivity contribution in [3.8, 4) is 0 Å². The Morgan fingerprint density at radius 3 is 2.11 bits per heavy atom. The number of carbonyl (C=O) groups is 2. The van der Waals surface area contributed by atoms with E-state index in [9.17, 15) is 9.59 Å². The smallest absolute Gasteiger partial charge is 0.308 e. The van der Waals surface area contributed by atoms with Gasteiger partial charge in [-0.05, 0) is 17.8 Å². The Balaban J connectivity index is 4.37. The first-order valence-electron chi connectivity index (χ1n) is 6.30. The van der Waals surface area contributed by atoms with Crippen LogP contribution in [0.4, 0.5) is 0 Å². The van der Waals surface area contributed by atoms with Crippen LogP contribution in [0.3, 0.4) is 0 Å². The molecular weight excluding hydrogens is 232 g/mol. The molecule has 0 aliphatic heterocycles. The Morgan fingerprint density at radius 2 is 1.78 bits per heavy atom. The first-order chi connectivity index (χ1) is 8.04. The lowest BCUT2D eigenvalue weighted by Crippen LogP contribution is -2.46. The van der Waals surface area contributed by atoms with Crippen LogP contribution in [0.1, 0.15) is 41.0 Å². The maximum Gasteiger partial charge on any atom is 0.308 e. The van der Waals surface area contributed by atoms with Crippen LogP contribution in [-0.4, -0.2) is 29.6 Å².